The van der Waals surface area contributed by atoms with Crippen LogP contribution in [-0.2, 0) is 0 Å². The maximum absolute atomic E-state index is 12.6. The molecule has 2 amide bonds. The number of para-hydroxylation sites is 1. The molecular weight excluding hydrogens is 310 g/mol. The molecule has 0 aliphatic rings. The summed E-state index contributed by atoms with van der Waals surface area (Å²) in [7, 11) is 0. The normalized spacial score (nSPS) is 12.0. The van der Waals surface area contributed by atoms with E-state index in [0.29, 0.717) is 35.1 Å². The summed E-state index contributed by atoms with van der Waals surface area (Å²) in [6.07, 6.45) is 0.263. The summed E-state index contributed by atoms with van der Waals surface area (Å²) < 4.78 is 0. The summed E-state index contributed by atoms with van der Waals surface area (Å²) in [4.78, 5) is 40.4. The van der Waals surface area contributed by atoms with Crippen molar-refractivity contribution in [3.05, 3.63) is 35.5 Å². The molecule has 0 spiro atoms. The first-order valence-electron chi connectivity index (χ1n) is 7.83. The molecule has 3 N–H and O–H groups in total. The van der Waals surface area contributed by atoms with Gasteiger partial charge in [0, 0.05) is 30.2 Å². The number of hydrogen-bond donors (Lipinski definition) is 3. The van der Waals surface area contributed by atoms with Gasteiger partial charge >= 0.3 is 6.09 Å². The van der Waals surface area contributed by atoms with Gasteiger partial charge < -0.3 is 20.3 Å². The number of nitrogens with one attached hydrogen (secondary N) is 2. The number of carbonyl (C=O) groups excluding carboxylic acids is 2. The highest BCUT2D eigenvalue weighted by atomic mass is 16.4. The standard InChI is InChI=1S/C17H21N3O4/c1-4-20(5-2)16(22)12-8-6-7-11-13(9-18-14(11)12)15(21)10(3)19-17(23)24/h6-10,18-19H,4-5H2,1-3H3,(H,23,24). The quantitative estimate of drug-likeness (QED) is 0.708. The first kappa shape index (κ1) is 17.5. The van der Waals surface area contributed by atoms with Gasteiger partial charge in [-0.25, -0.2) is 4.79 Å². The van der Waals surface area contributed by atoms with E-state index in [9.17, 15) is 14.4 Å². The van der Waals surface area contributed by atoms with Gasteiger partial charge in [0.1, 0.15) is 0 Å². The minimum Gasteiger partial charge on any atom is -0.465 e. The Morgan fingerprint density at radius 1 is 1.21 bits per heavy atom. The van der Waals surface area contributed by atoms with E-state index in [0.717, 1.165) is 0 Å². The molecule has 1 atom stereocenters. The van der Waals surface area contributed by atoms with Crippen molar-refractivity contribution >= 4 is 28.7 Å². The summed E-state index contributed by atoms with van der Waals surface area (Å²) in [5.41, 5.74) is 1.44. The fourth-order valence-electron chi connectivity index (χ4n) is 2.70. The minimum absolute atomic E-state index is 0.108. The molecule has 24 heavy (non-hydrogen) atoms. The number of carbonyl (C=O) groups is 3. The molecule has 1 aromatic carbocycles. The van der Waals surface area contributed by atoms with Crippen LogP contribution < -0.4 is 5.32 Å². The fraction of sp³-hybridized carbons (Fsp3) is 0.353. The third-order valence-corrected chi connectivity index (χ3v) is 4.00. The van der Waals surface area contributed by atoms with Gasteiger partial charge in [0.2, 0.25) is 0 Å². The number of carboxylic acid groups (broad SMARTS) is 1. The Morgan fingerprint density at radius 3 is 2.46 bits per heavy atom. The van der Waals surface area contributed by atoms with Crippen LogP contribution in [0, 0.1) is 0 Å². The number of hydrogen-bond acceptors (Lipinski definition) is 3. The molecule has 2 rings (SSSR count). The number of aromatic amines is 1. The first-order valence-corrected chi connectivity index (χ1v) is 7.83. The number of amides is 2. The average molecular weight is 331 g/mol. The Hall–Kier alpha value is -2.83. The van der Waals surface area contributed by atoms with Crippen molar-refractivity contribution in [1.82, 2.24) is 15.2 Å². The Morgan fingerprint density at radius 2 is 1.88 bits per heavy atom. The van der Waals surface area contributed by atoms with Crippen LogP contribution >= 0.6 is 0 Å². The van der Waals surface area contributed by atoms with Gasteiger partial charge in [-0.05, 0) is 26.8 Å². The van der Waals surface area contributed by atoms with Gasteiger partial charge in [-0.15, -0.1) is 0 Å². The molecule has 0 fully saturated rings. The van der Waals surface area contributed by atoms with E-state index < -0.39 is 12.1 Å². The van der Waals surface area contributed by atoms with E-state index in [1.54, 1.807) is 23.1 Å². The smallest absolute Gasteiger partial charge is 0.405 e. The van der Waals surface area contributed by atoms with Crippen molar-refractivity contribution in [3.63, 3.8) is 0 Å². The van der Waals surface area contributed by atoms with Crippen LogP contribution in [0.4, 0.5) is 4.79 Å². The number of Topliss-reactive ketones (excluding diaryl/α,β-unsaturated/α-hetero) is 1. The highest BCUT2D eigenvalue weighted by molar-refractivity contribution is 6.15. The number of rotatable bonds is 6. The van der Waals surface area contributed by atoms with Crippen molar-refractivity contribution in [3.8, 4) is 0 Å². The number of ketones is 1. The van der Waals surface area contributed by atoms with Gasteiger partial charge in [0.15, 0.2) is 5.78 Å². The maximum atomic E-state index is 12.6. The number of H-pyrrole nitrogens is 1. The fourth-order valence-corrected chi connectivity index (χ4v) is 2.70. The third kappa shape index (κ3) is 3.24. The van der Waals surface area contributed by atoms with Crippen molar-refractivity contribution in [2.24, 2.45) is 0 Å². The van der Waals surface area contributed by atoms with Crippen molar-refractivity contribution in [1.29, 1.82) is 0 Å². The lowest BCUT2D eigenvalue weighted by Crippen LogP contribution is -2.37. The third-order valence-electron chi connectivity index (χ3n) is 4.00. The van der Waals surface area contributed by atoms with Crippen LogP contribution in [0.25, 0.3) is 10.9 Å². The molecule has 1 unspecified atom stereocenters. The molecule has 1 aromatic heterocycles. The first-order chi connectivity index (χ1) is 11.4. The predicted molar refractivity (Wildman–Crippen MR) is 90.5 cm³/mol. The summed E-state index contributed by atoms with van der Waals surface area (Å²) in [6.45, 7) is 6.49. The average Bonchev–Trinajstić information content (AvgIpc) is 2.98. The maximum Gasteiger partial charge on any atom is 0.405 e. The lowest BCUT2D eigenvalue weighted by molar-refractivity contribution is 0.0774. The molecule has 7 heteroatoms. The van der Waals surface area contributed by atoms with E-state index in [4.69, 9.17) is 5.11 Å². The Bertz CT molecular complexity index is 777. The van der Waals surface area contributed by atoms with E-state index in [1.807, 2.05) is 13.8 Å². The molecule has 0 saturated carbocycles. The molecular formula is C17H21N3O4. The van der Waals surface area contributed by atoms with E-state index in [-0.39, 0.29) is 11.7 Å². The van der Waals surface area contributed by atoms with E-state index in [1.165, 1.54) is 13.1 Å². The lowest BCUT2D eigenvalue weighted by atomic mass is 10.0. The van der Waals surface area contributed by atoms with Crippen LogP contribution in [0.3, 0.4) is 0 Å². The van der Waals surface area contributed by atoms with Crippen LogP contribution in [-0.4, -0.2) is 51.9 Å². The van der Waals surface area contributed by atoms with Crippen LogP contribution in [0.1, 0.15) is 41.5 Å². The predicted octanol–water partition coefficient (Wildman–Crippen LogP) is 2.49. The lowest BCUT2D eigenvalue weighted by Gasteiger charge is -2.19. The molecule has 0 saturated heterocycles. The summed E-state index contributed by atoms with van der Waals surface area (Å²) in [5.74, 6) is -0.459. The SMILES string of the molecule is CCN(CC)C(=O)c1cccc2c(C(=O)C(C)NC(=O)O)c[nH]c12. The molecule has 0 bridgehead atoms. The zero-order valence-electron chi connectivity index (χ0n) is 13.9. The molecule has 1 heterocycles. The molecule has 128 valence electrons. The summed E-state index contributed by atoms with van der Waals surface area (Å²) in [6, 6.07) is 4.31. The van der Waals surface area contributed by atoms with Gasteiger partial charge in [-0.1, -0.05) is 12.1 Å². The highest BCUT2D eigenvalue weighted by Gasteiger charge is 2.23. The minimum atomic E-state index is -1.26. The van der Waals surface area contributed by atoms with Gasteiger partial charge in [-0.2, -0.15) is 0 Å². The number of fused-ring (bicyclic) bond motifs is 1. The second kappa shape index (κ2) is 7.16. The summed E-state index contributed by atoms with van der Waals surface area (Å²) >= 11 is 0. The number of benzene rings is 1. The molecule has 0 radical (unpaired) electrons. The van der Waals surface area contributed by atoms with Crippen molar-refractivity contribution < 1.29 is 19.5 Å². The van der Waals surface area contributed by atoms with Crippen LogP contribution in [0.15, 0.2) is 24.4 Å². The monoisotopic (exact) mass is 331 g/mol. The zero-order valence-corrected chi connectivity index (χ0v) is 13.9. The number of nitrogens with zero attached hydrogens (tertiary/aromatic N) is 1. The molecule has 7 nitrogen and oxygen atoms in total. The van der Waals surface area contributed by atoms with Gasteiger partial charge in [0.05, 0.1) is 17.1 Å². The second-order valence-electron chi connectivity index (χ2n) is 5.44. The Kier molecular flexibility index (Phi) is 5.23. The van der Waals surface area contributed by atoms with E-state index >= 15 is 0 Å². The largest absolute Gasteiger partial charge is 0.465 e. The molecule has 0 aliphatic carbocycles. The van der Waals surface area contributed by atoms with Gasteiger partial charge in [0.25, 0.3) is 5.91 Å². The number of aromatic nitrogens is 1. The zero-order chi connectivity index (χ0) is 17.9. The Balaban J connectivity index is 2.44. The molecule has 2 aromatic rings. The van der Waals surface area contributed by atoms with Crippen LogP contribution in [0.5, 0.6) is 0 Å². The summed E-state index contributed by atoms with van der Waals surface area (Å²) in [5, 5.41) is 11.5. The highest BCUT2D eigenvalue weighted by Crippen LogP contribution is 2.24. The van der Waals surface area contributed by atoms with Gasteiger partial charge in [-0.3, -0.25) is 9.59 Å². The van der Waals surface area contributed by atoms with E-state index in [2.05, 4.69) is 10.3 Å². The Labute approximate surface area is 139 Å². The molecule has 0 aliphatic heterocycles. The van der Waals surface area contributed by atoms with Crippen molar-refractivity contribution in [2.75, 3.05) is 13.1 Å². The van der Waals surface area contributed by atoms with Crippen LogP contribution in [0.2, 0.25) is 0 Å². The van der Waals surface area contributed by atoms with Crippen molar-refractivity contribution in [2.45, 2.75) is 26.8 Å². The second-order valence-corrected chi connectivity index (χ2v) is 5.44. The topological polar surface area (TPSA) is 102 Å².